The molecular weight excluding hydrogens is 438 g/mol. The van der Waals surface area contributed by atoms with Crippen LogP contribution in [0.2, 0.25) is 0 Å². The molecule has 0 radical (unpaired) electrons. The molecule has 0 amide bonds. The van der Waals surface area contributed by atoms with Gasteiger partial charge in [-0.05, 0) is 43.2 Å². The summed E-state index contributed by atoms with van der Waals surface area (Å²) in [5.41, 5.74) is 2.26. The number of rotatable bonds is 9. The minimum absolute atomic E-state index is 0.631. The second-order valence-corrected chi connectivity index (χ2v) is 9.15. The predicted octanol–water partition coefficient (Wildman–Crippen LogP) is 7.49. The molecule has 0 aliphatic heterocycles. The number of nitrogens with one attached hydrogen (secondary N) is 1. The van der Waals surface area contributed by atoms with Crippen molar-refractivity contribution in [2.45, 2.75) is 36.5 Å². The fourth-order valence-corrected chi connectivity index (χ4v) is 4.83. The highest BCUT2D eigenvalue weighted by Crippen LogP contribution is 2.38. The largest absolute Gasteiger partial charge is 0.497 e. The van der Waals surface area contributed by atoms with E-state index >= 15 is 0 Å². The molecule has 1 N–H and O–H groups in total. The van der Waals surface area contributed by atoms with Gasteiger partial charge in [-0.2, -0.15) is 0 Å². The summed E-state index contributed by atoms with van der Waals surface area (Å²) in [4.78, 5) is 11.3. The standard InChI is InChI=1S/C25H25N3O2S2/c1-4-8-18-11-12-20(29-3)13-23(18)32-21-14-22(30-19-9-6-5-7-10-19)24(26-15-21)28-25-27-17(2)16-31-25/h5-7,9-16H,4,8H2,1-3H3,(H,26,27,28). The van der Waals surface area contributed by atoms with Crippen molar-refractivity contribution in [1.29, 1.82) is 0 Å². The number of aryl methyl sites for hydroxylation is 2. The second-order valence-electron chi connectivity index (χ2n) is 7.18. The first-order chi connectivity index (χ1) is 15.6. The topological polar surface area (TPSA) is 56.3 Å². The molecule has 2 aromatic carbocycles. The molecule has 7 heteroatoms. The Morgan fingerprint density at radius 1 is 1.06 bits per heavy atom. The van der Waals surface area contributed by atoms with Gasteiger partial charge in [-0.15, -0.1) is 11.3 Å². The van der Waals surface area contributed by atoms with E-state index in [-0.39, 0.29) is 0 Å². The summed E-state index contributed by atoms with van der Waals surface area (Å²) < 4.78 is 11.6. The van der Waals surface area contributed by atoms with Crippen molar-refractivity contribution in [3.63, 3.8) is 0 Å². The Bertz CT molecular complexity index is 1180. The molecule has 4 rings (SSSR count). The molecule has 0 atom stereocenters. The summed E-state index contributed by atoms with van der Waals surface area (Å²) in [5.74, 6) is 2.88. The highest BCUT2D eigenvalue weighted by molar-refractivity contribution is 7.99. The third-order valence-corrected chi connectivity index (χ3v) is 6.60. The maximum absolute atomic E-state index is 6.20. The van der Waals surface area contributed by atoms with Gasteiger partial charge in [0.25, 0.3) is 0 Å². The molecular formula is C25H25N3O2S2. The van der Waals surface area contributed by atoms with Crippen LogP contribution < -0.4 is 14.8 Å². The van der Waals surface area contributed by atoms with Crippen LogP contribution >= 0.6 is 23.1 Å². The zero-order chi connectivity index (χ0) is 22.3. The molecule has 0 aliphatic carbocycles. The van der Waals surface area contributed by atoms with Gasteiger partial charge in [-0.3, -0.25) is 0 Å². The van der Waals surface area contributed by atoms with Crippen LogP contribution in [0.4, 0.5) is 10.9 Å². The number of ether oxygens (including phenoxy) is 2. The molecule has 0 saturated heterocycles. The number of hydrogen-bond donors (Lipinski definition) is 1. The lowest BCUT2D eigenvalue weighted by molar-refractivity contribution is 0.413. The number of nitrogens with zero attached hydrogens (tertiary/aromatic N) is 2. The van der Waals surface area contributed by atoms with E-state index in [0.29, 0.717) is 11.6 Å². The SMILES string of the molecule is CCCc1ccc(OC)cc1Sc1cnc(Nc2nc(C)cs2)c(Oc2ccccc2)c1. The Hall–Kier alpha value is -3.03. The first-order valence-corrected chi connectivity index (χ1v) is 12.1. The molecule has 0 bridgehead atoms. The quantitative estimate of drug-likeness (QED) is 0.277. The van der Waals surface area contributed by atoms with Crippen LogP contribution in [0.1, 0.15) is 24.6 Å². The van der Waals surface area contributed by atoms with Crippen molar-refractivity contribution in [2.24, 2.45) is 0 Å². The smallest absolute Gasteiger partial charge is 0.188 e. The van der Waals surface area contributed by atoms with E-state index < -0.39 is 0 Å². The first-order valence-electron chi connectivity index (χ1n) is 10.4. The summed E-state index contributed by atoms with van der Waals surface area (Å²) in [5, 5.41) is 6.08. The van der Waals surface area contributed by atoms with E-state index in [1.54, 1.807) is 30.2 Å². The lowest BCUT2D eigenvalue weighted by Crippen LogP contribution is -1.98. The van der Waals surface area contributed by atoms with Crippen LogP contribution in [0.25, 0.3) is 0 Å². The fourth-order valence-electron chi connectivity index (χ4n) is 3.14. The van der Waals surface area contributed by atoms with Crippen molar-refractivity contribution in [2.75, 3.05) is 12.4 Å². The van der Waals surface area contributed by atoms with Crippen molar-refractivity contribution in [3.8, 4) is 17.2 Å². The van der Waals surface area contributed by atoms with Crippen molar-refractivity contribution in [1.82, 2.24) is 9.97 Å². The Balaban J connectivity index is 1.67. The van der Waals surface area contributed by atoms with E-state index in [1.807, 2.05) is 61.0 Å². The van der Waals surface area contributed by atoms with E-state index in [4.69, 9.17) is 9.47 Å². The maximum atomic E-state index is 6.20. The zero-order valence-electron chi connectivity index (χ0n) is 18.3. The molecule has 0 saturated carbocycles. The molecule has 32 heavy (non-hydrogen) atoms. The van der Waals surface area contributed by atoms with Gasteiger partial charge in [0.15, 0.2) is 16.7 Å². The number of anilines is 2. The summed E-state index contributed by atoms with van der Waals surface area (Å²) in [6, 6.07) is 18.0. The van der Waals surface area contributed by atoms with Gasteiger partial charge >= 0.3 is 0 Å². The third kappa shape index (κ3) is 5.60. The average Bonchev–Trinajstić information content (AvgIpc) is 3.22. The molecule has 4 aromatic rings. The molecule has 0 spiro atoms. The normalized spacial score (nSPS) is 10.7. The third-order valence-electron chi connectivity index (χ3n) is 4.66. The average molecular weight is 464 g/mol. The van der Waals surface area contributed by atoms with Crippen LogP contribution in [-0.4, -0.2) is 17.1 Å². The molecule has 2 aromatic heterocycles. The molecule has 2 heterocycles. The number of benzene rings is 2. The monoisotopic (exact) mass is 463 g/mol. The molecule has 164 valence electrons. The van der Waals surface area contributed by atoms with Crippen LogP contribution in [0.5, 0.6) is 17.2 Å². The van der Waals surface area contributed by atoms with Gasteiger partial charge in [0.2, 0.25) is 0 Å². The number of aromatic nitrogens is 2. The maximum Gasteiger partial charge on any atom is 0.188 e. The van der Waals surface area contributed by atoms with Crippen LogP contribution in [0.3, 0.4) is 0 Å². The van der Waals surface area contributed by atoms with Gasteiger partial charge in [0, 0.05) is 27.4 Å². The molecule has 5 nitrogen and oxygen atoms in total. The Morgan fingerprint density at radius 2 is 1.91 bits per heavy atom. The minimum Gasteiger partial charge on any atom is -0.497 e. The van der Waals surface area contributed by atoms with E-state index in [2.05, 4.69) is 34.3 Å². The van der Waals surface area contributed by atoms with Crippen LogP contribution in [0.15, 0.2) is 76.0 Å². The number of thiazole rings is 1. The molecule has 0 fully saturated rings. The minimum atomic E-state index is 0.631. The second kappa shape index (κ2) is 10.5. The van der Waals surface area contributed by atoms with Gasteiger partial charge in [0.05, 0.1) is 12.8 Å². The summed E-state index contributed by atoms with van der Waals surface area (Å²) in [6.07, 6.45) is 3.95. The van der Waals surface area contributed by atoms with E-state index in [9.17, 15) is 0 Å². The van der Waals surface area contributed by atoms with Crippen LogP contribution in [0, 0.1) is 6.92 Å². The van der Waals surface area contributed by atoms with E-state index in [1.165, 1.54) is 5.56 Å². The fraction of sp³-hybridized carbons (Fsp3) is 0.200. The van der Waals surface area contributed by atoms with Crippen molar-refractivity contribution < 1.29 is 9.47 Å². The summed E-state index contributed by atoms with van der Waals surface area (Å²) in [6.45, 7) is 4.16. The zero-order valence-corrected chi connectivity index (χ0v) is 19.9. The molecule has 0 aliphatic rings. The number of methoxy groups -OCH3 is 1. The van der Waals surface area contributed by atoms with Gasteiger partial charge in [0.1, 0.15) is 11.5 Å². The highest BCUT2D eigenvalue weighted by atomic mass is 32.2. The number of para-hydroxylation sites is 1. The number of hydrogen-bond acceptors (Lipinski definition) is 7. The highest BCUT2D eigenvalue weighted by Gasteiger charge is 2.13. The molecule has 0 unspecified atom stereocenters. The Labute approximate surface area is 196 Å². The van der Waals surface area contributed by atoms with Crippen LogP contribution in [-0.2, 0) is 6.42 Å². The summed E-state index contributed by atoms with van der Waals surface area (Å²) in [7, 11) is 1.69. The lowest BCUT2D eigenvalue weighted by atomic mass is 10.1. The van der Waals surface area contributed by atoms with Crippen molar-refractivity contribution in [3.05, 3.63) is 77.4 Å². The van der Waals surface area contributed by atoms with Gasteiger partial charge in [-0.25, -0.2) is 9.97 Å². The first kappa shape index (κ1) is 22.2. The summed E-state index contributed by atoms with van der Waals surface area (Å²) >= 11 is 3.21. The van der Waals surface area contributed by atoms with Crippen molar-refractivity contribution >= 4 is 34.0 Å². The lowest BCUT2D eigenvalue weighted by Gasteiger charge is -2.14. The van der Waals surface area contributed by atoms with Gasteiger partial charge in [-0.1, -0.05) is 49.4 Å². The van der Waals surface area contributed by atoms with E-state index in [0.717, 1.165) is 45.0 Å². The Kier molecular flexibility index (Phi) is 7.29. The predicted molar refractivity (Wildman–Crippen MR) is 132 cm³/mol. The van der Waals surface area contributed by atoms with Gasteiger partial charge < -0.3 is 14.8 Å². The number of pyridine rings is 1. The Morgan fingerprint density at radius 3 is 2.62 bits per heavy atom.